The van der Waals surface area contributed by atoms with E-state index in [1.165, 1.54) is 11.3 Å². The summed E-state index contributed by atoms with van der Waals surface area (Å²) in [6.07, 6.45) is 10.7. The van der Waals surface area contributed by atoms with Crippen LogP contribution in [0, 0.1) is 0 Å². The minimum atomic E-state index is -0.269. The third kappa shape index (κ3) is 6.60. The molecule has 0 unspecified atom stereocenters. The normalized spacial score (nSPS) is 11.7. The van der Waals surface area contributed by atoms with Crippen LogP contribution in [0.2, 0.25) is 0 Å². The number of nitrogens with one attached hydrogen (secondary N) is 3. The highest BCUT2D eigenvalue weighted by molar-refractivity contribution is 7.11. The molecular formula is C26H28N6O2S. The summed E-state index contributed by atoms with van der Waals surface area (Å²) in [7, 11) is 1.65. The Bertz CT molecular complexity index is 1220. The highest BCUT2D eigenvalue weighted by atomic mass is 32.1. The van der Waals surface area contributed by atoms with Crippen molar-refractivity contribution in [2.24, 2.45) is 0 Å². The Balaban J connectivity index is 1.45. The molecule has 1 aromatic carbocycles. The fraction of sp³-hybridized carbons (Fsp3) is 0.269. The van der Waals surface area contributed by atoms with Gasteiger partial charge in [0.15, 0.2) is 0 Å². The first-order chi connectivity index (χ1) is 17.1. The van der Waals surface area contributed by atoms with Gasteiger partial charge in [-0.1, -0.05) is 37.1 Å². The summed E-state index contributed by atoms with van der Waals surface area (Å²) in [5.41, 5.74) is 5.77. The number of H-pyrrole nitrogens is 1. The van der Waals surface area contributed by atoms with Crippen molar-refractivity contribution >= 4 is 23.2 Å². The Morgan fingerprint density at radius 2 is 1.69 bits per heavy atom. The molecule has 3 N–H and O–H groups in total. The summed E-state index contributed by atoms with van der Waals surface area (Å²) in [6.45, 7) is 0. The molecule has 0 bridgehead atoms. The van der Waals surface area contributed by atoms with Gasteiger partial charge >= 0.3 is 0 Å². The fourth-order valence-electron chi connectivity index (χ4n) is 3.82. The smallest absolute Gasteiger partial charge is 0.263 e. The van der Waals surface area contributed by atoms with Gasteiger partial charge in [-0.3, -0.25) is 19.6 Å². The molecule has 0 aliphatic carbocycles. The van der Waals surface area contributed by atoms with Crippen LogP contribution in [0.5, 0.6) is 0 Å². The lowest BCUT2D eigenvalue weighted by Crippen LogP contribution is -2.28. The molecule has 8 nitrogen and oxygen atoms in total. The van der Waals surface area contributed by atoms with E-state index in [0.29, 0.717) is 23.5 Å². The van der Waals surface area contributed by atoms with E-state index in [9.17, 15) is 9.59 Å². The predicted molar refractivity (Wildman–Crippen MR) is 137 cm³/mol. The number of pyridine rings is 1. The quantitative estimate of drug-likeness (QED) is 0.263. The van der Waals surface area contributed by atoms with Crippen molar-refractivity contribution in [2.75, 3.05) is 7.05 Å². The molecule has 9 heteroatoms. The summed E-state index contributed by atoms with van der Waals surface area (Å²) < 4.78 is 0. The lowest BCUT2D eigenvalue weighted by Gasteiger charge is -2.16. The number of aromatic nitrogens is 4. The van der Waals surface area contributed by atoms with Gasteiger partial charge in [-0.2, -0.15) is 0 Å². The van der Waals surface area contributed by atoms with Crippen molar-refractivity contribution in [1.29, 1.82) is 0 Å². The Labute approximate surface area is 208 Å². The molecule has 4 rings (SSSR count). The van der Waals surface area contributed by atoms with E-state index >= 15 is 0 Å². The van der Waals surface area contributed by atoms with Gasteiger partial charge in [0.05, 0.1) is 29.6 Å². The van der Waals surface area contributed by atoms with Gasteiger partial charge in [0.25, 0.3) is 5.91 Å². The molecule has 2 amide bonds. The number of rotatable bonds is 11. The second-order valence-electron chi connectivity index (χ2n) is 8.16. The zero-order chi connectivity index (χ0) is 24.5. The lowest BCUT2D eigenvalue weighted by molar-refractivity contribution is -0.120. The van der Waals surface area contributed by atoms with Crippen LogP contribution in [0.25, 0.3) is 22.4 Å². The molecule has 180 valence electrons. The number of aromatic amines is 1. The van der Waals surface area contributed by atoms with Crippen molar-refractivity contribution in [3.05, 3.63) is 77.4 Å². The van der Waals surface area contributed by atoms with Gasteiger partial charge in [0.1, 0.15) is 10.7 Å². The van der Waals surface area contributed by atoms with Crippen molar-refractivity contribution in [1.82, 2.24) is 30.6 Å². The molecule has 0 aliphatic heterocycles. The summed E-state index contributed by atoms with van der Waals surface area (Å²) in [5, 5.41) is 5.74. The molecule has 3 aromatic heterocycles. The van der Waals surface area contributed by atoms with E-state index in [0.717, 1.165) is 41.6 Å². The summed E-state index contributed by atoms with van der Waals surface area (Å²) >= 11 is 1.31. The van der Waals surface area contributed by atoms with Crippen LogP contribution in [0.15, 0.2) is 66.7 Å². The van der Waals surface area contributed by atoms with E-state index in [2.05, 4.69) is 54.8 Å². The maximum absolute atomic E-state index is 12.7. The Hall–Kier alpha value is -3.85. The van der Waals surface area contributed by atoms with Gasteiger partial charge in [0, 0.05) is 25.9 Å². The lowest BCUT2D eigenvalue weighted by atomic mass is 10.0. The molecule has 4 aromatic rings. The van der Waals surface area contributed by atoms with E-state index < -0.39 is 0 Å². The molecule has 35 heavy (non-hydrogen) atoms. The summed E-state index contributed by atoms with van der Waals surface area (Å²) in [5.74, 6) is 0.593. The van der Waals surface area contributed by atoms with Crippen molar-refractivity contribution in [2.45, 2.75) is 38.1 Å². The minimum absolute atomic E-state index is 0.0469. The Morgan fingerprint density at radius 1 is 0.943 bits per heavy atom. The van der Waals surface area contributed by atoms with Gasteiger partial charge in [-0.25, -0.2) is 4.98 Å². The number of nitrogens with zero attached hydrogens (tertiary/aromatic N) is 3. The van der Waals surface area contributed by atoms with Gasteiger partial charge in [-0.05, 0) is 41.7 Å². The topological polar surface area (TPSA) is 113 Å². The minimum Gasteiger partial charge on any atom is -0.359 e. The maximum atomic E-state index is 12.7. The Kier molecular flexibility index (Phi) is 8.34. The SMILES string of the molecule is CNC(=O)CCCCC[C@H](NC(=O)c1cncs1)c1ncc(-c2ccc(-c3ccncc3)cc2)[nH]1. The zero-order valence-electron chi connectivity index (χ0n) is 19.5. The Morgan fingerprint density at radius 3 is 2.40 bits per heavy atom. The third-order valence-electron chi connectivity index (χ3n) is 5.77. The maximum Gasteiger partial charge on any atom is 0.263 e. The van der Waals surface area contributed by atoms with Crippen molar-refractivity contribution in [3.8, 4) is 22.4 Å². The molecule has 0 saturated heterocycles. The van der Waals surface area contributed by atoms with E-state index in [4.69, 9.17) is 0 Å². The first-order valence-corrected chi connectivity index (χ1v) is 12.5. The van der Waals surface area contributed by atoms with Crippen molar-refractivity contribution in [3.63, 3.8) is 0 Å². The van der Waals surface area contributed by atoms with Crippen LogP contribution in [-0.4, -0.2) is 38.8 Å². The summed E-state index contributed by atoms with van der Waals surface area (Å²) in [4.78, 5) is 40.8. The second-order valence-corrected chi connectivity index (χ2v) is 9.05. The standard InChI is InChI=1S/C26H28N6O2S/c1-27-24(33)6-4-2-3-5-21(32-26(34)23-16-29-17-35-23)25-30-15-22(31-25)20-9-7-18(8-10-20)19-11-13-28-14-12-19/h7-17,21H,2-6H2,1H3,(H,27,33)(H,30,31)(H,32,34)/t21-/m0/s1. The highest BCUT2D eigenvalue weighted by Gasteiger charge is 2.20. The fourth-order valence-corrected chi connectivity index (χ4v) is 4.34. The second kappa shape index (κ2) is 12.0. The molecule has 3 heterocycles. The van der Waals surface area contributed by atoms with Crippen molar-refractivity contribution < 1.29 is 9.59 Å². The number of hydrogen-bond acceptors (Lipinski definition) is 6. The van der Waals surface area contributed by atoms with E-state index in [1.807, 2.05) is 12.1 Å². The number of unbranched alkanes of at least 4 members (excludes halogenated alkanes) is 2. The number of hydrogen-bond donors (Lipinski definition) is 3. The molecule has 0 aliphatic rings. The van der Waals surface area contributed by atoms with Crippen LogP contribution in [0.1, 0.15) is 53.6 Å². The van der Waals surface area contributed by atoms with E-state index in [-0.39, 0.29) is 17.9 Å². The first kappa shape index (κ1) is 24.3. The van der Waals surface area contributed by atoms with Crippen LogP contribution in [0.3, 0.4) is 0 Å². The molecule has 0 spiro atoms. The molecule has 0 radical (unpaired) electrons. The van der Waals surface area contributed by atoms with Crippen LogP contribution < -0.4 is 10.6 Å². The molecule has 1 atom stereocenters. The predicted octanol–water partition coefficient (Wildman–Crippen LogP) is 4.76. The van der Waals surface area contributed by atoms with Gasteiger partial charge in [0.2, 0.25) is 5.91 Å². The molecular weight excluding hydrogens is 460 g/mol. The first-order valence-electron chi connectivity index (χ1n) is 11.6. The third-order valence-corrected chi connectivity index (χ3v) is 6.54. The zero-order valence-corrected chi connectivity index (χ0v) is 20.3. The molecule has 0 saturated carbocycles. The molecule has 0 fully saturated rings. The average molecular weight is 489 g/mol. The van der Waals surface area contributed by atoms with E-state index in [1.54, 1.807) is 37.3 Å². The summed E-state index contributed by atoms with van der Waals surface area (Å²) in [6, 6.07) is 11.9. The van der Waals surface area contributed by atoms with Crippen LogP contribution in [-0.2, 0) is 4.79 Å². The van der Waals surface area contributed by atoms with Crippen LogP contribution in [0.4, 0.5) is 0 Å². The highest BCUT2D eigenvalue weighted by Crippen LogP contribution is 2.26. The average Bonchev–Trinajstić information content (AvgIpc) is 3.61. The number of carbonyl (C=O) groups excluding carboxylic acids is 2. The number of benzene rings is 1. The van der Waals surface area contributed by atoms with Gasteiger partial charge < -0.3 is 15.6 Å². The number of imidazole rings is 1. The number of thiazole rings is 1. The van der Waals surface area contributed by atoms with Gasteiger partial charge in [-0.15, -0.1) is 11.3 Å². The number of carbonyl (C=O) groups is 2. The largest absolute Gasteiger partial charge is 0.359 e. The number of amides is 2. The van der Waals surface area contributed by atoms with Crippen LogP contribution >= 0.6 is 11.3 Å². The monoisotopic (exact) mass is 488 g/mol.